The van der Waals surface area contributed by atoms with Crippen molar-refractivity contribution in [2.24, 2.45) is 7.05 Å². The molecule has 2 amide bonds. The highest BCUT2D eigenvalue weighted by molar-refractivity contribution is 7.99. The van der Waals surface area contributed by atoms with Crippen LogP contribution in [-0.2, 0) is 11.8 Å². The van der Waals surface area contributed by atoms with E-state index in [0.29, 0.717) is 4.88 Å². The summed E-state index contributed by atoms with van der Waals surface area (Å²) in [6, 6.07) is 11.2. The molecular formula is C18H18N4O2S2. The Labute approximate surface area is 159 Å². The van der Waals surface area contributed by atoms with Crippen LogP contribution in [0.5, 0.6) is 0 Å². The summed E-state index contributed by atoms with van der Waals surface area (Å²) in [4.78, 5) is 29.9. The molecule has 0 fully saturated rings. The second-order valence-electron chi connectivity index (χ2n) is 5.45. The number of hydrogen-bond acceptors (Lipinski definition) is 5. The van der Waals surface area contributed by atoms with Gasteiger partial charge < -0.3 is 15.2 Å². The Morgan fingerprint density at radius 2 is 2.08 bits per heavy atom. The lowest BCUT2D eigenvalue weighted by molar-refractivity contribution is -0.116. The van der Waals surface area contributed by atoms with E-state index >= 15 is 0 Å². The van der Waals surface area contributed by atoms with Gasteiger partial charge in [-0.15, -0.1) is 11.3 Å². The molecule has 1 aromatic carbocycles. The summed E-state index contributed by atoms with van der Waals surface area (Å²) < 4.78 is 1.92. The summed E-state index contributed by atoms with van der Waals surface area (Å²) in [6.45, 7) is 0.289. The predicted molar refractivity (Wildman–Crippen MR) is 104 cm³/mol. The number of carbonyl (C=O) groups excluding carboxylic acids is 2. The average molecular weight is 387 g/mol. The van der Waals surface area contributed by atoms with Crippen molar-refractivity contribution in [1.82, 2.24) is 14.9 Å². The normalized spacial score (nSPS) is 10.5. The lowest BCUT2D eigenvalue weighted by Crippen LogP contribution is -2.27. The molecule has 0 atom stereocenters. The van der Waals surface area contributed by atoms with E-state index in [1.165, 1.54) is 23.1 Å². The van der Waals surface area contributed by atoms with E-state index in [0.717, 1.165) is 15.7 Å². The van der Waals surface area contributed by atoms with E-state index in [9.17, 15) is 9.59 Å². The molecule has 26 heavy (non-hydrogen) atoms. The highest BCUT2D eigenvalue weighted by Crippen LogP contribution is 2.32. The number of carbonyl (C=O) groups is 2. The minimum absolute atomic E-state index is 0.149. The lowest BCUT2D eigenvalue weighted by Gasteiger charge is -2.11. The van der Waals surface area contributed by atoms with Gasteiger partial charge in [0, 0.05) is 37.3 Å². The molecule has 0 saturated carbocycles. The van der Waals surface area contributed by atoms with E-state index in [-0.39, 0.29) is 24.8 Å². The summed E-state index contributed by atoms with van der Waals surface area (Å²) in [5.41, 5.74) is 0.732. The van der Waals surface area contributed by atoms with Gasteiger partial charge in [0.2, 0.25) is 5.91 Å². The molecule has 0 bridgehead atoms. The van der Waals surface area contributed by atoms with Crippen molar-refractivity contribution in [3.05, 3.63) is 59.0 Å². The van der Waals surface area contributed by atoms with Gasteiger partial charge in [-0.25, -0.2) is 4.98 Å². The molecule has 0 spiro atoms. The van der Waals surface area contributed by atoms with Crippen molar-refractivity contribution in [1.29, 1.82) is 0 Å². The van der Waals surface area contributed by atoms with Crippen LogP contribution in [-0.4, -0.2) is 27.9 Å². The van der Waals surface area contributed by atoms with Gasteiger partial charge in [0.1, 0.15) is 0 Å². The van der Waals surface area contributed by atoms with E-state index in [1.807, 2.05) is 53.5 Å². The molecule has 8 heteroatoms. The molecule has 0 saturated heterocycles. The number of anilines is 1. The van der Waals surface area contributed by atoms with Gasteiger partial charge in [0.05, 0.1) is 10.6 Å². The van der Waals surface area contributed by atoms with Crippen molar-refractivity contribution < 1.29 is 9.59 Å². The summed E-state index contributed by atoms with van der Waals surface area (Å²) in [5, 5.41) is 8.35. The molecular weight excluding hydrogens is 368 g/mol. The average Bonchev–Trinajstić information content (AvgIpc) is 3.29. The Morgan fingerprint density at radius 1 is 1.23 bits per heavy atom. The van der Waals surface area contributed by atoms with E-state index < -0.39 is 0 Å². The Hall–Kier alpha value is -2.58. The summed E-state index contributed by atoms with van der Waals surface area (Å²) in [6.07, 6.45) is 3.82. The highest BCUT2D eigenvalue weighted by atomic mass is 32.2. The number of amides is 2. The zero-order chi connectivity index (χ0) is 18.4. The third kappa shape index (κ3) is 4.74. The first kappa shape index (κ1) is 18.2. The van der Waals surface area contributed by atoms with Gasteiger partial charge >= 0.3 is 0 Å². The summed E-state index contributed by atoms with van der Waals surface area (Å²) in [7, 11) is 1.92. The van der Waals surface area contributed by atoms with Gasteiger partial charge in [-0.3, -0.25) is 9.59 Å². The number of nitrogens with zero attached hydrogens (tertiary/aromatic N) is 2. The van der Waals surface area contributed by atoms with Gasteiger partial charge in [-0.05, 0) is 35.3 Å². The molecule has 0 aliphatic rings. The van der Waals surface area contributed by atoms with Crippen LogP contribution in [0, 0.1) is 0 Å². The second kappa shape index (κ2) is 8.68. The van der Waals surface area contributed by atoms with Crippen molar-refractivity contribution in [2.45, 2.75) is 16.5 Å². The molecule has 134 valence electrons. The topological polar surface area (TPSA) is 76.0 Å². The summed E-state index contributed by atoms with van der Waals surface area (Å²) >= 11 is 2.86. The number of hydrogen-bond donors (Lipinski definition) is 2. The van der Waals surface area contributed by atoms with Crippen LogP contribution >= 0.6 is 23.1 Å². The minimum atomic E-state index is -0.154. The number of imidazole rings is 1. The van der Waals surface area contributed by atoms with Crippen molar-refractivity contribution in [3.8, 4) is 0 Å². The number of thiophene rings is 1. The summed E-state index contributed by atoms with van der Waals surface area (Å²) in [5.74, 6) is -0.303. The molecule has 0 unspecified atom stereocenters. The van der Waals surface area contributed by atoms with Crippen LogP contribution in [0.1, 0.15) is 16.1 Å². The van der Waals surface area contributed by atoms with E-state index in [2.05, 4.69) is 15.6 Å². The Kier molecular flexibility index (Phi) is 6.08. The largest absolute Gasteiger partial charge is 0.351 e. The quantitative estimate of drug-likeness (QED) is 0.653. The number of aryl methyl sites for hydroxylation is 1. The van der Waals surface area contributed by atoms with Crippen LogP contribution < -0.4 is 10.6 Å². The van der Waals surface area contributed by atoms with Crippen molar-refractivity contribution in [2.75, 3.05) is 11.9 Å². The second-order valence-corrected chi connectivity index (χ2v) is 7.41. The molecule has 2 N–H and O–H groups in total. The van der Waals surface area contributed by atoms with Gasteiger partial charge in [0.25, 0.3) is 5.91 Å². The van der Waals surface area contributed by atoms with E-state index in [4.69, 9.17) is 0 Å². The SMILES string of the molecule is Cn1ccnc1Sc1ccccc1NC(=O)CCNC(=O)c1cccs1. The number of rotatable bonds is 7. The molecule has 0 radical (unpaired) electrons. The third-order valence-electron chi connectivity index (χ3n) is 3.52. The molecule has 3 rings (SSSR count). The molecule has 6 nitrogen and oxygen atoms in total. The van der Waals surface area contributed by atoms with E-state index in [1.54, 1.807) is 12.3 Å². The van der Waals surface area contributed by atoms with Crippen LogP contribution in [0.25, 0.3) is 0 Å². The predicted octanol–water partition coefficient (Wildman–Crippen LogP) is 3.39. The fourth-order valence-corrected chi connectivity index (χ4v) is 3.74. The maximum absolute atomic E-state index is 12.2. The van der Waals surface area contributed by atoms with Crippen LogP contribution in [0.15, 0.2) is 64.2 Å². The molecule has 0 aliphatic carbocycles. The zero-order valence-electron chi connectivity index (χ0n) is 14.1. The first-order valence-electron chi connectivity index (χ1n) is 7.99. The van der Waals surface area contributed by atoms with Crippen LogP contribution in [0.3, 0.4) is 0 Å². The molecule has 2 aromatic heterocycles. The standard InChI is InChI=1S/C18H18N4O2S2/c1-22-11-10-20-18(22)26-14-6-3-2-5-13(14)21-16(23)8-9-19-17(24)15-7-4-12-25-15/h2-7,10-12H,8-9H2,1H3,(H,19,24)(H,21,23). The molecule has 2 heterocycles. The number of para-hydroxylation sites is 1. The van der Waals surface area contributed by atoms with Gasteiger partial charge in [-0.1, -0.05) is 18.2 Å². The number of nitrogens with one attached hydrogen (secondary N) is 2. The molecule has 0 aliphatic heterocycles. The highest BCUT2D eigenvalue weighted by Gasteiger charge is 2.11. The van der Waals surface area contributed by atoms with Gasteiger partial charge in [0.15, 0.2) is 5.16 Å². The fraction of sp³-hybridized carbons (Fsp3) is 0.167. The fourth-order valence-electron chi connectivity index (χ4n) is 2.20. The monoisotopic (exact) mass is 386 g/mol. The minimum Gasteiger partial charge on any atom is -0.351 e. The van der Waals surface area contributed by atoms with Gasteiger partial charge in [-0.2, -0.15) is 0 Å². The number of benzene rings is 1. The third-order valence-corrected chi connectivity index (χ3v) is 5.54. The Bertz CT molecular complexity index is 890. The zero-order valence-corrected chi connectivity index (χ0v) is 15.8. The maximum Gasteiger partial charge on any atom is 0.261 e. The maximum atomic E-state index is 12.2. The Morgan fingerprint density at radius 3 is 2.81 bits per heavy atom. The molecule has 3 aromatic rings. The number of aromatic nitrogens is 2. The smallest absolute Gasteiger partial charge is 0.261 e. The first-order valence-corrected chi connectivity index (χ1v) is 9.69. The van der Waals surface area contributed by atoms with Crippen molar-refractivity contribution >= 4 is 40.6 Å². The van der Waals surface area contributed by atoms with Crippen LogP contribution in [0.4, 0.5) is 5.69 Å². The van der Waals surface area contributed by atoms with Crippen molar-refractivity contribution in [3.63, 3.8) is 0 Å². The van der Waals surface area contributed by atoms with Crippen LogP contribution in [0.2, 0.25) is 0 Å². The Balaban J connectivity index is 1.54. The first-order chi connectivity index (χ1) is 12.6. The lowest BCUT2D eigenvalue weighted by atomic mass is 10.3.